The van der Waals surface area contributed by atoms with E-state index in [9.17, 15) is 0 Å². The molecule has 96 valence electrons. The molecule has 0 fully saturated rings. The molecule has 3 rings (SSSR count). The average molecular weight is 253 g/mol. The second kappa shape index (κ2) is 4.31. The molecule has 4 nitrogen and oxygen atoms in total. The second-order valence-corrected chi connectivity index (χ2v) is 4.44. The highest BCUT2D eigenvalue weighted by Crippen LogP contribution is 2.30. The number of nitrogen functional groups attached to an aromatic ring is 1. The lowest BCUT2D eigenvalue weighted by atomic mass is 10.1. The molecule has 0 aliphatic rings. The summed E-state index contributed by atoms with van der Waals surface area (Å²) in [6, 6.07) is 13.6. The van der Waals surface area contributed by atoms with E-state index in [1.807, 2.05) is 54.1 Å². The quantitative estimate of drug-likeness (QED) is 0.714. The summed E-state index contributed by atoms with van der Waals surface area (Å²) in [6.45, 7) is 0. The Balaban J connectivity index is 2.27. The molecule has 0 atom stereocenters. The van der Waals surface area contributed by atoms with Crippen LogP contribution in [0.25, 0.3) is 22.4 Å². The summed E-state index contributed by atoms with van der Waals surface area (Å²) >= 11 is 0. The van der Waals surface area contributed by atoms with Crippen LogP contribution in [0.2, 0.25) is 0 Å². The molecule has 0 unspecified atom stereocenters. The smallest absolute Gasteiger partial charge is 0.143 e. The molecule has 0 spiro atoms. The summed E-state index contributed by atoms with van der Waals surface area (Å²) in [5.41, 5.74) is 9.68. The van der Waals surface area contributed by atoms with Gasteiger partial charge in [0.05, 0.1) is 18.1 Å². The third-order valence-corrected chi connectivity index (χ3v) is 3.29. The number of fused-ring (bicyclic) bond motifs is 1. The lowest BCUT2D eigenvalue weighted by Crippen LogP contribution is -1.97. The van der Waals surface area contributed by atoms with E-state index in [-0.39, 0.29) is 0 Å². The number of aryl methyl sites for hydroxylation is 1. The van der Waals surface area contributed by atoms with Crippen molar-refractivity contribution >= 4 is 16.7 Å². The lowest BCUT2D eigenvalue weighted by molar-refractivity contribution is 0.415. The van der Waals surface area contributed by atoms with Gasteiger partial charge in [0.2, 0.25) is 0 Å². The molecule has 3 aromatic rings. The minimum absolute atomic E-state index is 0.694. The van der Waals surface area contributed by atoms with E-state index in [4.69, 9.17) is 10.5 Å². The first-order chi connectivity index (χ1) is 9.20. The first kappa shape index (κ1) is 11.6. The van der Waals surface area contributed by atoms with Gasteiger partial charge in [-0.2, -0.15) is 0 Å². The normalized spacial score (nSPS) is 10.8. The summed E-state index contributed by atoms with van der Waals surface area (Å²) in [5.74, 6) is 1.62. The molecule has 0 bridgehead atoms. The number of anilines is 1. The van der Waals surface area contributed by atoms with Crippen LogP contribution in [0.5, 0.6) is 5.75 Å². The van der Waals surface area contributed by atoms with Crippen LogP contribution in [-0.2, 0) is 7.05 Å². The van der Waals surface area contributed by atoms with Crippen molar-refractivity contribution in [1.29, 1.82) is 0 Å². The number of nitrogens with zero attached hydrogens (tertiary/aromatic N) is 2. The summed E-state index contributed by atoms with van der Waals surface area (Å²) in [7, 11) is 3.63. The van der Waals surface area contributed by atoms with Crippen LogP contribution in [0.4, 0.5) is 5.69 Å². The van der Waals surface area contributed by atoms with Gasteiger partial charge >= 0.3 is 0 Å². The Bertz CT molecular complexity index is 746. The highest BCUT2D eigenvalue weighted by Gasteiger charge is 2.12. The number of imidazole rings is 1. The molecule has 4 heteroatoms. The summed E-state index contributed by atoms with van der Waals surface area (Å²) < 4.78 is 7.29. The molecule has 0 radical (unpaired) electrons. The van der Waals surface area contributed by atoms with Gasteiger partial charge in [0.25, 0.3) is 0 Å². The number of nitrogens with two attached hydrogens (primary N) is 1. The van der Waals surface area contributed by atoms with Gasteiger partial charge in [-0.1, -0.05) is 12.1 Å². The first-order valence-corrected chi connectivity index (χ1v) is 6.06. The van der Waals surface area contributed by atoms with E-state index in [0.29, 0.717) is 5.69 Å². The fourth-order valence-electron chi connectivity index (χ4n) is 2.24. The SMILES string of the molecule is COc1ccc(N)c(-c2nc3ccccc3n2C)c1. The van der Waals surface area contributed by atoms with Gasteiger partial charge in [0.1, 0.15) is 11.6 Å². The third-order valence-electron chi connectivity index (χ3n) is 3.29. The number of ether oxygens (including phenoxy) is 1. The zero-order chi connectivity index (χ0) is 13.4. The highest BCUT2D eigenvalue weighted by atomic mass is 16.5. The predicted molar refractivity (Wildman–Crippen MR) is 77.1 cm³/mol. The van der Waals surface area contributed by atoms with E-state index in [1.165, 1.54) is 0 Å². The molecule has 0 aliphatic heterocycles. The Kier molecular flexibility index (Phi) is 2.63. The van der Waals surface area contributed by atoms with Crippen LogP contribution in [0.15, 0.2) is 42.5 Å². The maximum absolute atomic E-state index is 6.06. The zero-order valence-electron chi connectivity index (χ0n) is 10.9. The minimum atomic E-state index is 0.694. The number of methoxy groups -OCH3 is 1. The lowest BCUT2D eigenvalue weighted by Gasteiger charge is -2.08. The average Bonchev–Trinajstić information content (AvgIpc) is 2.77. The Morgan fingerprint density at radius 2 is 1.95 bits per heavy atom. The van der Waals surface area contributed by atoms with Crippen LogP contribution in [-0.4, -0.2) is 16.7 Å². The molecule has 2 N–H and O–H groups in total. The van der Waals surface area contributed by atoms with E-state index >= 15 is 0 Å². The molecule has 0 saturated carbocycles. The Morgan fingerprint density at radius 3 is 2.68 bits per heavy atom. The van der Waals surface area contributed by atoms with E-state index in [1.54, 1.807) is 7.11 Å². The largest absolute Gasteiger partial charge is 0.497 e. The molecule has 19 heavy (non-hydrogen) atoms. The number of benzene rings is 2. The van der Waals surface area contributed by atoms with Crippen LogP contribution in [0, 0.1) is 0 Å². The van der Waals surface area contributed by atoms with E-state index in [0.717, 1.165) is 28.2 Å². The van der Waals surface area contributed by atoms with Crippen molar-refractivity contribution in [3.05, 3.63) is 42.5 Å². The molecule has 2 aromatic carbocycles. The maximum atomic E-state index is 6.06. The third kappa shape index (κ3) is 1.81. The maximum Gasteiger partial charge on any atom is 0.143 e. The summed E-state index contributed by atoms with van der Waals surface area (Å²) in [5, 5.41) is 0. The second-order valence-electron chi connectivity index (χ2n) is 4.44. The molecule has 1 aromatic heterocycles. The van der Waals surface area contributed by atoms with Gasteiger partial charge in [-0.3, -0.25) is 0 Å². The molecule has 0 saturated heterocycles. The van der Waals surface area contributed by atoms with Crippen LogP contribution in [0.1, 0.15) is 0 Å². The van der Waals surface area contributed by atoms with Crippen molar-refractivity contribution in [3.63, 3.8) is 0 Å². The zero-order valence-corrected chi connectivity index (χ0v) is 10.9. The monoisotopic (exact) mass is 253 g/mol. The highest BCUT2D eigenvalue weighted by molar-refractivity contribution is 5.83. The Morgan fingerprint density at radius 1 is 1.16 bits per heavy atom. The van der Waals surface area contributed by atoms with Crippen molar-refractivity contribution in [2.24, 2.45) is 7.05 Å². The van der Waals surface area contributed by atoms with Gasteiger partial charge < -0.3 is 15.0 Å². The topological polar surface area (TPSA) is 53.1 Å². The van der Waals surface area contributed by atoms with E-state index in [2.05, 4.69) is 4.98 Å². The van der Waals surface area contributed by atoms with Gasteiger partial charge in [0, 0.05) is 18.3 Å². The van der Waals surface area contributed by atoms with Crippen LogP contribution in [0.3, 0.4) is 0 Å². The fraction of sp³-hybridized carbons (Fsp3) is 0.133. The minimum Gasteiger partial charge on any atom is -0.497 e. The number of rotatable bonds is 2. The Labute approximate surface area is 111 Å². The number of hydrogen-bond acceptors (Lipinski definition) is 3. The number of hydrogen-bond donors (Lipinski definition) is 1. The molecule has 0 aliphatic carbocycles. The van der Waals surface area contributed by atoms with Crippen LogP contribution < -0.4 is 10.5 Å². The predicted octanol–water partition coefficient (Wildman–Crippen LogP) is 2.83. The van der Waals surface area contributed by atoms with Crippen molar-refractivity contribution in [2.45, 2.75) is 0 Å². The van der Waals surface area contributed by atoms with E-state index < -0.39 is 0 Å². The summed E-state index contributed by atoms with van der Waals surface area (Å²) in [4.78, 5) is 4.65. The van der Waals surface area contributed by atoms with Gasteiger partial charge in [0.15, 0.2) is 0 Å². The van der Waals surface area contributed by atoms with Crippen LogP contribution >= 0.6 is 0 Å². The van der Waals surface area contributed by atoms with Gasteiger partial charge in [-0.25, -0.2) is 4.98 Å². The fourth-order valence-corrected chi connectivity index (χ4v) is 2.24. The van der Waals surface area contributed by atoms with Crippen molar-refractivity contribution in [2.75, 3.05) is 12.8 Å². The van der Waals surface area contributed by atoms with Gasteiger partial charge in [-0.05, 0) is 30.3 Å². The molecular weight excluding hydrogens is 238 g/mol. The number of para-hydroxylation sites is 2. The standard InChI is InChI=1S/C15H15N3O/c1-18-14-6-4-3-5-13(14)17-15(18)11-9-10(19-2)7-8-12(11)16/h3-9H,16H2,1-2H3. The van der Waals surface area contributed by atoms with Crippen molar-refractivity contribution in [3.8, 4) is 17.1 Å². The molecule has 0 amide bonds. The van der Waals surface area contributed by atoms with Crippen molar-refractivity contribution in [1.82, 2.24) is 9.55 Å². The molecular formula is C15H15N3O. The van der Waals surface area contributed by atoms with Crippen molar-refractivity contribution < 1.29 is 4.74 Å². The van der Waals surface area contributed by atoms with Gasteiger partial charge in [-0.15, -0.1) is 0 Å². The summed E-state index contributed by atoms with van der Waals surface area (Å²) in [6.07, 6.45) is 0. The Hall–Kier alpha value is -2.49. The molecule has 1 heterocycles. The first-order valence-electron chi connectivity index (χ1n) is 6.06. The number of aromatic nitrogens is 2.